The minimum atomic E-state index is -4.19. The Hall–Kier alpha value is -3.85. The van der Waals surface area contributed by atoms with E-state index in [0.717, 1.165) is 26.6 Å². The van der Waals surface area contributed by atoms with Crippen molar-refractivity contribution in [3.8, 4) is 0 Å². The van der Waals surface area contributed by atoms with E-state index in [0.29, 0.717) is 27.8 Å². The number of carbonyl (C=O) groups is 2. The molecule has 0 radical (unpaired) electrons. The molecule has 4 rings (SSSR count). The average Bonchev–Trinajstić information content (AvgIpc) is 3.00. The van der Waals surface area contributed by atoms with Crippen molar-refractivity contribution >= 4 is 50.7 Å². The third-order valence-electron chi connectivity index (χ3n) is 7.64. The Balaban J connectivity index is 1.83. The third-order valence-corrected chi connectivity index (χ3v) is 10.0. The second-order valence-electron chi connectivity index (χ2n) is 11.0. The van der Waals surface area contributed by atoms with Gasteiger partial charge in [0.1, 0.15) is 12.6 Å². The number of anilines is 1. The molecule has 0 heterocycles. The number of nitrogens with one attached hydrogen (secondary N) is 1. The van der Waals surface area contributed by atoms with Crippen LogP contribution in [0.4, 0.5) is 5.69 Å². The van der Waals surface area contributed by atoms with Gasteiger partial charge in [-0.2, -0.15) is 0 Å². The van der Waals surface area contributed by atoms with Gasteiger partial charge in [-0.25, -0.2) is 8.42 Å². The molecule has 0 bridgehead atoms. The highest BCUT2D eigenvalue weighted by Gasteiger charge is 2.35. The lowest BCUT2D eigenvalue weighted by Gasteiger charge is -2.34. The normalized spacial score (nSPS) is 12.0. The van der Waals surface area contributed by atoms with Gasteiger partial charge in [-0.15, -0.1) is 0 Å². The van der Waals surface area contributed by atoms with Crippen molar-refractivity contribution in [2.24, 2.45) is 0 Å². The van der Waals surface area contributed by atoms with Gasteiger partial charge in [0.05, 0.1) is 10.6 Å². The number of halogens is 2. The summed E-state index contributed by atoms with van der Waals surface area (Å²) in [6.45, 7) is 7.25. The number of rotatable bonds is 12. The summed E-state index contributed by atoms with van der Waals surface area (Å²) in [5, 5.41) is 3.61. The Morgan fingerprint density at radius 1 is 0.844 bits per heavy atom. The van der Waals surface area contributed by atoms with E-state index in [1.54, 1.807) is 49.4 Å². The maximum Gasteiger partial charge on any atom is 0.264 e. The minimum absolute atomic E-state index is 0.0468. The number of carbonyl (C=O) groups excluding carboxylic acids is 2. The molecular formula is C35H37Cl2N3O4S. The molecule has 10 heteroatoms. The van der Waals surface area contributed by atoms with E-state index in [1.165, 1.54) is 17.0 Å². The lowest BCUT2D eigenvalue weighted by atomic mass is 10.0. The first kappa shape index (κ1) is 34.0. The van der Waals surface area contributed by atoms with E-state index in [-0.39, 0.29) is 23.8 Å². The first-order valence-electron chi connectivity index (χ1n) is 14.6. The van der Waals surface area contributed by atoms with Crippen molar-refractivity contribution in [1.29, 1.82) is 0 Å². The zero-order valence-corrected chi connectivity index (χ0v) is 28.1. The van der Waals surface area contributed by atoms with Crippen molar-refractivity contribution < 1.29 is 18.0 Å². The maximum absolute atomic E-state index is 14.5. The molecule has 45 heavy (non-hydrogen) atoms. The fourth-order valence-electron chi connectivity index (χ4n) is 4.93. The molecule has 0 aliphatic rings. The molecule has 0 aliphatic heterocycles. The molecule has 0 spiro atoms. The molecule has 0 aromatic heterocycles. The largest absolute Gasteiger partial charge is 0.355 e. The standard InChI is InChI=1S/C35H37Cl2N3O4S/c1-5-38-35(42)33(20-27-9-7-6-8-10-27)39(22-28-14-15-29(36)21-32(28)37)34(41)23-40(30-16-13-25(3)26(4)19-30)45(43,44)31-17-11-24(2)12-18-31/h6-19,21,33H,5,20,22-23H2,1-4H3,(H,38,42)/t33-/m1/s1. The zero-order chi connectivity index (χ0) is 32.7. The Morgan fingerprint density at radius 3 is 2.16 bits per heavy atom. The lowest BCUT2D eigenvalue weighted by Crippen LogP contribution is -2.53. The summed E-state index contributed by atoms with van der Waals surface area (Å²) in [4.78, 5) is 29.6. The Morgan fingerprint density at radius 2 is 1.53 bits per heavy atom. The van der Waals surface area contributed by atoms with Gasteiger partial charge in [-0.1, -0.05) is 83.4 Å². The zero-order valence-electron chi connectivity index (χ0n) is 25.8. The van der Waals surface area contributed by atoms with Crippen LogP contribution in [-0.4, -0.2) is 44.3 Å². The summed E-state index contributed by atoms with van der Waals surface area (Å²) < 4.78 is 29.5. The SMILES string of the molecule is CCNC(=O)[C@@H](Cc1ccccc1)N(Cc1ccc(Cl)cc1Cl)C(=O)CN(c1ccc(C)c(C)c1)S(=O)(=O)c1ccc(C)cc1. The van der Waals surface area contributed by atoms with E-state index in [4.69, 9.17) is 23.2 Å². The summed E-state index contributed by atoms with van der Waals surface area (Å²) in [7, 11) is -4.19. The van der Waals surface area contributed by atoms with Crippen LogP contribution in [0.25, 0.3) is 0 Å². The van der Waals surface area contributed by atoms with Gasteiger partial charge < -0.3 is 10.2 Å². The summed E-state index contributed by atoms with van der Waals surface area (Å²) in [6.07, 6.45) is 0.206. The highest BCUT2D eigenvalue weighted by molar-refractivity contribution is 7.92. The van der Waals surface area contributed by atoms with E-state index < -0.39 is 28.5 Å². The van der Waals surface area contributed by atoms with Crippen LogP contribution in [0.3, 0.4) is 0 Å². The van der Waals surface area contributed by atoms with Crippen molar-refractivity contribution in [3.63, 3.8) is 0 Å². The van der Waals surface area contributed by atoms with Gasteiger partial charge in [0, 0.05) is 29.6 Å². The molecule has 0 saturated heterocycles. The number of sulfonamides is 1. The van der Waals surface area contributed by atoms with Gasteiger partial charge in [-0.3, -0.25) is 13.9 Å². The Labute approximate surface area is 275 Å². The molecule has 1 N–H and O–H groups in total. The van der Waals surface area contributed by atoms with Crippen LogP contribution < -0.4 is 9.62 Å². The molecule has 0 fully saturated rings. The molecule has 7 nitrogen and oxygen atoms in total. The quantitative estimate of drug-likeness (QED) is 0.179. The molecule has 4 aromatic carbocycles. The molecule has 0 aliphatic carbocycles. The Bertz CT molecular complexity index is 1760. The number of aryl methyl sites for hydroxylation is 3. The van der Waals surface area contributed by atoms with Crippen molar-refractivity contribution in [2.45, 2.75) is 51.6 Å². The van der Waals surface area contributed by atoms with Crippen molar-refractivity contribution in [1.82, 2.24) is 10.2 Å². The van der Waals surface area contributed by atoms with Crippen LogP contribution in [0, 0.1) is 20.8 Å². The third kappa shape index (κ3) is 8.45. The summed E-state index contributed by atoms with van der Waals surface area (Å²) in [5.41, 5.74) is 4.51. The average molecular weight is 667 g/mol. The molecule has 4 aromatic rings. The molecule has 0 unspecified atom stereocenters. The Kier molecular flexibility index (Phi) is 11.3. The smallest absolute Gasteiger partial charge is 0.264 e. The lowest BCUT2D eigenvalue weighted by molar-refractivity contribution is -0.140. The van der Waals surface area contributed by atoms with Gasteiger partial charge >= 0.3 is 0 Å². The topological polar surface area (TPSA) is 86.8 Å². The van der Waals surface area contributed by atoms with Crippen LogP contribution in [0.2, 0.25) is 10.0 Å². The number of hydrogen-bond donors (Lipinski definition) is 1. The van der Waals surface area contributed by atoms with Crippen LogP contribution in [0.1, 0.15) is 34.7 Å². The molecular weight excluding hydrogens is 629 g/mol. The van der Waals surface area contributed by atoms with Crippen molar-refractivity contribution in [3.05, 3.63) is 129 Å². The fourth-order valence-corrected chi connectivity index (χ4v) is 6.80. The maximum atomic E-state index is 14.5. The molecule has 1 atom stereocenters. The highest BCUT2D eigenvalue weighted by Crippen LogP contribution is 2.28. The number of likely N-dealkylation sites (N-methyl/N-ethyl adjacent to an activating group) is 1. The second-order valence-corrected chi connectivity index (χ2v) is 13.7. The van der Waals surface area contributed by atoms with Crippen LogP contribution in [-0.2, 0) is 32.6 Å². The summed E-state index contributed by atoms with van der Waals surface area (Å²) in [6, 6.07) is 25.1. The number of nitrogens with zero attached hydrogens (tertiary/aromatic N) is 2. The predicted octanol–water partition coefficient (Wildman–Crippen LogP) is 6.89. The van der Waals surface area contributed by atoms with Gasteiger partial charge in [-0.05, 0) is 86.3 Å². The number of benzene rings is 4. The van der Waals surface area contributed by atoms with E-state index >= 15 is 0 Å². The number of hydrogen-bond acceptors (Lipinski definition) is 4. The van der Waals surface area contributed by atoms with Gasteiger partial charge in [0.25, 0.3) is 10.0 Å². The van der Waals surface area contributed by atoms with E-state index in [1.807, 2.05) is 57.2 Å². The molecule has 0 saturated carbocycles. The number of amides is 2. The monoisotopic (exact) mass is 665 g/mol. The molecule has 236 valence electrons. The van der Waals surface area contributed by atoms with Crippen LogP contribution in [0.15, 0.2) is 95.9 Å². The van der Waals surface area contributed by atoms with Crippen molar-refractivity contribution in [2.75, 3.05) is 17.4 Å². The predicted molar refractivity (Wildman–Crippen MR) is 181 cm³/mol. The van der Waals surface area contributed by atoms with E-state index in [2.05, 4.69) is 5.32 Å². The second kappa shape index (κ2) is 15.0. The summed E-state index contributed by atoms with van der Waals surface area (Å²) >= 11 is 12.7. The minimum Gasteiger partial charge on any atom is -0.355 e. The fraction of sp³-hybridized carbons (Fsp3) is 0.257. The van der Waals surface area contributed by atoms with Crippen LogP contribution >= 0.6 is 23.2 Å². The molecule has 2 amide bonds. The first-order valence-corrected chi connectivity index (χ1v) is 16.8. The first-order chi connectivity index (χ1) is 21.4. The van der Waals surface area contributed by atoms with E-state index in [9.17, 15) is 18.0 Å². The van der Waals surface area contributed by atoms with Gasteiger partial charge in [0.2, 0.25) is 11.8 Å². The van der Waals surface area contributed by atoms with Crippen LogP contribution in [0.5, 0.6) is 0 Å². The van der Waals surface area contributed by atoms with Gasteiger partial charge in [0.15, 0.2) is 0 Å². The summed E-state index contributed by atoms with van der Waals surface area (Å²) in [5.74, 6) is -0.930. The highest BCUT2D eigenvalue weighted by atomic mass is 35.5.